The zero-order valence-electron chi connectivity index (χ0n) is 14.1. The molecular formula is C20H34. The van der Waals surface area contributed by atoms with E-state index in [1.807, 2.05) is 0 Å². The Morgan fingerprint density at radius 3 is 2.35 bits per heavy atom. The lowest BCUT2D eigenvalue weighted by molar-refractivity contribution is 0.0452. The van der Waals surface area contributed by atoms with Gasteiger partial charge in [0.15, 0.2) is 0 Å². The van der Waals surface area contributed by atoms with Gasteiger partial charge in [-0.2, -0.15) is 0 Å². The summed E-state index contributed by atoms with van der Waals surface area (Å²) in [6.45, 7) is 10.1. The zero-order valence-corrected chi connectivity index (χ0v) is 14.1. The van der Waals surface area contributed by atoms with Gasteiger partial charge in [0.25, 0.3) is 0 Å². The summed E-state index contributed by atoms with van der Waals surface area (Å²) in [5, 5.41) is 0. The van der Waals surface area contributed by atoms with E-state index in [0.29, 0.717) is 5.41 Å². The fraction of sp³-hybridized carbons (Fsp3) is 0.900. The van der Waals surface area contributed by atoms with Crippen LogP contribution in [-0.4, -0.2) is 0 Å². The Morgan fingerprint density at radius 2 is 1.65 bits per heavy atom. The van der Waals surface area contributed by atoms with Crippen molar-refractivity contribution in [2.75, 3.05) is 0 Å². The number of hydrogen-bond donors (Lipinski definition) is 0. The molecule has 0 aromatic rings. The van der Waals surface area contributed by atoms with Crippen molar-refractivity contribution in [3.8, 4) is 0 Å². The minimum absolute atomic E-state index is 0.643. The Labute approximate surface area is 126 Å². The third kappa shape index (κ3) is 2.60. The molecule has 3 rings (SSSR count). The number of rotatable bonds is 4. The number of allylic oxidation sites excluding steroid dienone is 2. The Kier molecular flexibility index (Phi) is 4.04. The quantitative estimate of drug-likeness (QED) is 0.545. The molecule has 0 amide bonds. The van der Waals surface area contributed by atoms with Gasteiger partial charge in [-0.3, -0.25) is 0 Å². The average Bonchev–Trinajstić information content (AvgIpc) is 3.18. The molecule has 3 aliphatic rings. The summed E-state index contributed by atoms with van der Waals surface area (Å²) < 4.78 is 0. The van der Waals surface area contributed by atoms with E-state index in [-0.39, 0.29) is 0 Å². The normalized spacial score (nSPS) is 44.5. The summed E-state index contributed by atoms with van der Waals surface area (Å²) in [7, 11) is 0. The Hall–Kier alpha value is -0.260. The van der Waals surface area contributed by atoms with Crippen LogP contribution in [0, 0.1) is 40.9 Å². The maximum absolute atomic E-state index is 2.62. The molecule has 20 heavy (non-hydrogen) atoms. The molecule has 114 valence electrons. The predicted octanol–water partition coefficient (Wildman–Crippen LogP) is 6.08. The van der Waals surface area contributed by atoms with E-state index >= 15 is 0 Å². The van der Waals surface area contributed by atoms with Gasteiger partial charge < -0.3 is 0 Å². The Morgan fingerprint density at radius 1 is 0.950 bits per heavy atom. The van der Waals surface area contributed by atoms with E-state index in [1.54, 1.807) is 0 Å². The summed E-state index contributed by atoms with van der Waals surface area (Å²) in [5.74, 6) is 5.56. The third-order valence-electron chi connectivity index (χ3n) is 7.26. The van der Waals surface area contributed by atoms with Gasteiger partial charge in [-0.25, -0.2) is 0 Å². The molecule has 1 unspecified atom stereocenters. The molecule has 0 spiro atoms. The molecule has 0 nitrogen and oxygen atoms in total. The highest BCUT2D eigenvalue weighted by atomic mass is 14.6. The maximum Gasteiger partial charge on any atom is -0.0228 e. The smallest absolute Gasteiger partial charge is 0.0228 e. The highest BCUT2D eigenvalue weighted by Gasteiger charge is 2.50. The van der Waals surface area contributed by atoms with Gasteiger partial charge in [-0.05, 0) is 73.0 Å². The van der Waals surface area contributed by atoms with Crippen molar-refractivity contribution < 1.29 is 0 Å². The molecule has 0 aromatic heterocycles. The SMILES string of the molecule is C[C@H](/C=C/[C@@H](C)C1CC[C@H]2[C@@H](C)CCC[C@]12C)C1CC1. The van der Waals surface area contributed by atoms with Crippen molar-refractivity contribution in [2.24, 2.45) is 40.9 Å². The molecule has 0 aliphatic heterocycles. The van der Waals surface area contributed by atoms with Gasteiger partial charge in [0, 0.05) is 0 Å². The van der Waals surface area contributed by atoms with Crippen LogP contribution in [-0.2, 0) is 0 Å². The van der Waals surface area contributed by atoms with E-state index in [2.05, 4.69) is 39.8 Å². The van der Waals surface area contributed by atoms with Gasteiger partial charge in [0.05, 0.1) is 0 Å². The second kappa shape index (κ2) is 5.50. The van der Waals surface area contributed by atoms with Gasteiger partial charge in [0.2, 0.25) is 0 Å². The van der Waals surface area contributed by atoms with E-state index < -0.39 is 0 Å². The molecule has 6 atom stereocenters. The minimum atomic E-state index is 0.643. The lowest BCUT2D eigenvalue weighted by Crippen LogP contribution is -2.37. The van der Waals surface area contributed by atoms with Gasteiger partial charge in [-0.15, -0.1) is 0 Å². The van der Waals surface area contributed by atoms with Crippen LogP contribution in [0.15, 0.2) is 12.2 Å². The molecule has 0 aromatic carbocycles. The van der Waals surface area contributed by atoms with Gasteiger partial charge in [0.1, 0.15) is 0 Å². The van der Waals surface area contributed by atoms with Crippen molar-refractivity contribution in [1.82, 2.24) is 0 Å². The molecule has 0 heterocycles. The Balaban J connectivity index is 1.66. The molecule has 0 heteroatoms. The molecular weight excluding hydrogens is 240 g/mol. The van der Waals surface area contributed by atoms with Crippen LogP contribution in [0.2, 0.25) is 0 Å². The maximum atomic E-state index is 2.62. The molecule has 0 radical (unpaired) electrons. The van der Waals surface area contributed by atoms with Gasteiger partial charge in [-0.1, -0.05) is 52.7 Å². The first-order valence-corrected chi connectivity index (χ1v) is 9.20. The van der Waals surface area contributed by atoms with Crippen molar-refractivity contribution in [2.45, 2.75) is 72.6 Å². The molecule has 0 saturated heterocycles. The molecule has 3 fully saturated rings. The van der Waals surface area contributed by atoms with E-state index in [4.69, 9.17) is 0 Å². The minimum Gasteiger partial charge on any atom is -0.0851 e. The predicted molar refractivity (Wildman–Crippen MR) is 87.5 cm³/mol. The molecule has 3 saturated carbocycles. The second-order valence-electron chi connectivity index (χ2n) is 8.61. The standard InChI is InChI=1S/C20H34/c1-14(17-9-10-17)7-8-16(3)19-12-11-18-15(2)6-5-13-20(18,19)4/h7-8,14-19H,5-6,9-13H2,1-4H3/b8-7+/t14-,15+,16-,18+,19?,20+/m1/s1. The fourth-order valence-corrected chi connectivity index (χ4v) is 5.73. The molecule has 3 aliphatic carbocycles. The Bertz CT molecular complexity index is 364. The average molecular weight is 274 g/mol. The van der Waals surface area contributed by atoms with Crippen LogP contribution in [0.4, 0.5) is 0 Å². The summed E-state index contributed by atoms with van der Waals surface area (Å²) >= 11 is 0. The number of fused-ring (bicyclic) bond motifs is 1. The first kappa shape index (κ1) is 14.7. The monoisotopic (exact) mass is 274 g/mol. The molecule has 0 bridgehead atoms. The first-order chi connectivity index (χ1) is 9.52. The fourth-order valence-electron chi connectivity index (χ4n) is 5.73. The lowest BCUT2D eigenvalue weighted by atomic mass is 9.60. The van der Waals surface area contributed by atoms with Crippen molar-refractivity contribution in [3.05, 3.63) is 12.2 Å². The first-order valence-electron chi connectivity index (χ1n) is 9.20. The van der Waals surface area contributed by atoms with Gasteiger partial charge >= 0.3 is 0 Å². The summed E-state index contributed by atoms with van der Waals surface area (Å²) in [4.78, 5) is 0. The zero-order chi connectivity index (χ0) is 14.3. The largest absolute Gasteiger partial charge is 0.0851 e. The summed E-state index contributed by atoms with van der Waals surface area (Å²) in [6, 6.07) is 0. The third-order valence-corrected chi connectivity index (χ3v) is 7.26. The van der Waals surface area contributed by atoms with Crippen LogP contribution >= 0.6 is 0 Å². The van der Waals surface area contributed by atoms with Crippen LogP contribution in [0.5, 0.6) is 0 Å². The van der Waals surface area contributed by atoms with Crippen LogP contribution in [0.3, 0.4) is 0 Å². The van der Waals surface area contributed by atoms with E-state index in [1.165, 1.54) is 44.9 Å². The highest BCUT2D eigenvalue weighted by molar-refractivity contribution is 5.05. The van der Waals surface area contributed by atoms with Crippen LogP contribution in [0.25, 0.3) is 0 Å². The summed E-state index contributed by atoms with van der Waals surface area (Å²) in [5.41, 5.74) is 0.643. The van der Waals surface area contributed by atoms with Crippen molar-refractivity contribution in [1.29, 1.82) is 0 Å². The van der Waals surface area contributed by atoms with Crippen molar-refractivity contribution in [3.63, 3.8) is 0 Å². The van der Waals surface area contributed by atoms with Crippen LogP contribution < -0.4 is 0 Å². The van der Waals surface area contributed by atoms with Crippen molar-refractivity contribution >= 4 is 0 Å². The number of hydrogen-bond acceptors (Lipinski definition) is 0. The van der Waals surface area contributed by atoms with E-state index in [0.717, 1.165) is 35.5 Å². The van der Waals surface area contributed by atoms with E-state index in [9.17, 15) is 0 Å². The topological polar surface area (TPSA) is 0 Å². The lowest BCUT2D eigenvalue weighted by Gasteiger charge is -2.45. The summed E-state index contributed by atoms with van der Waals surface area (Å²) in [6.07, 6.45) is 15.5. The molecule has 0 N–H and O–H groups in total. The highest BCUT2D eigenvalue weighted by Crippen LogP contribution is 2.59. The second-order valence-corrected chi connectivity index (χ2v) is 8.61. The van der Waals surface area contributed by atoms with Crippen LogP contribution in [0.1, 0.15) is 72.6 Å².